The second-order valence-electron chi connectivity index (χ2n) is 6.23. The Morgan fingerprint density at radius 3 is 2.85 bits per heavy atom. The Hall–Kier alpha value is -2.41. The number of benzene rings is 2. The maximum atomic E-state index is 12.8. The Bertz CT molecular complexity index is 971. The van der Waals surface area contributed by atoms with E-state index < -0.39 is 5.76 Å². The average molecular weight is 373 g/mol. The van der Waals surface area contributed by atoms with Gasteiger partial charge in [0.1, 0.15) is 6.54 Å². The Morgan fingerprint density at radius 2 is 2.00 bits per heavy atom. The van der Waals surface area contributed by atoms with Crippen molar-refractivity contribution in [3.8, 4) is 0 Å². The Morgan fingerprint density at radius 1 is 1.19 bits per heavy atom. The largest absolute Gasteiger partial charge is 0.325 e. The van der Waals surface area contributed by atoms with Gasteiger partial charge in [0.25, 0.3) is 5.76 Å². The number of anilines is 1. The van der Waals surface area contributed by atoms with Crippen molar-refractivity contribution in [1.82, 2.24) is 9.55 Å². The van der Waals surface area contributed by atoms with E-state index in [1.165, 1.54) is 15.7 Å². The summed E-state index contributed by atoms with van der Waals surface area (Å²) in [6.45, 7) is -0.0628. The van der Waals surface area contributed by atoms with Gasteiger partial charge in [-0.05, 0) is 66.4 Å². The number of halogens is 2. The van der Waals surface area contributed by atoms with Gasteiger partial charge in [0, 0.05) is 5.69 Å². The zero-order valence-corrected chi connectivity index (χ0v) is 14.7. The summed E-state index contributed by atoms with van der Waals surface area (Å²) in [5.74, 6) is -2.85. The fourth-order valence-electron chi connectivity index (χ4n) is 3.37. The molecule has 1 amide bonds. The summed E-state index contributed by atoms with van der Waals surface area (Å²) in [4.78, 5) is 16.7. The fourth-order valence-corrected chi connectivity index (χ4v) is 3.97. The second-order valence-corrected chi connectivity index (χ2v) is 7.19. The van der Waals surface area contributed by atoms with E-state index in [-0.39, 0.29) is 17.6 Å². The molecule has 1 heterocycles. The first kappa shape index (κ1) is 17.0. The molecule has 1 aliphatic rings. The molecule has 0 unspecified atom stereocenters. The Labute approximate surface area is 153 Å². The number of nitrogens with one attached hydrogen (secondary N) is 1. The summed E-state index contributed by atoms with van der Waals surface area (Å²) in [5.41, 5.74) is 4.60. The third-order valence-corrected chi connectivity index (χ3v) is 5.20. The number of thioether (sulfide) groups is 1. The van der Waals surface area contributed by atoms with Crippen LogP contribution in [0.5, 0.6) is 0 Å². The molecule has 1 aromatic heterocycles. The monoisotopic (exact) mass is 373 g/mol. The van der Waals surface area contributed by atoms with Crippen LogP contribution in [0.4, 0.5) is 14.5 Å². The van der Waals surface area contributed by atoms with Gasteiger partial charge in [-0.25, -0.2) is 4.98 Å². The van der Waals surface area contributed by atoms with Crippen molar-refractivity contribution < 1.29 is 13.6 Å². The number of carbonyl (C=O) groups excluding carboxylic acids is 1. The topological polar surface area (TPSA) is 46.9 Å². The van der Waals surface area contributed by atoms with Gasteiger partial charge in [-0.2, -0.15) is 8.78 Å². The molecule has 1 N–H and O–H groups in total. The number of hydrogen-bond donors (Lipinski definition) is 1. The molecule has 0 saturated carbocycles. The molecule has 4 nitrogen and oxygen atoms in total. The highest BCUT2D eigenvalue weighted by Gasteiger charge is 2.18. The molecule has 26 heavy (non-hydrogen) atoms. The lowest BCUT2D eigenvalue weighted by atomic mass is 10.1. The van der Waals surface area contributed by atoms with Crippen LogP contribution in [0.2, 0.25) is 0 Å². The van der Waals surface area contributed by atoms with Crippen molar-refractivity contribution in [1.29, 1.82) is 0 Å². The maximum absolute atomic E-state index is 12.8. The van der Waals surface area contributed by atoms with Crippen LogP contribution in [0.3, 0.4) is 0 Å². The average Bonchev–Trinajstić information content (AvgIpc) is 3.19. The first-order valence-electron chi connectivity index (χ1n) is 8.42. The van der Waals surface area contributed by atoms with E-state index in [2.05, 4.69) is 10.3 Å². The number of rotatable bonds is 5. The molecule has 0 spiro atoms. The minimum atomic E-state index is -2.59. The van der Waals surface area contributed by atoms with Crippen LogP contribution in [0.1, 0.15) is 17.5 Å². The Kier molecular flexibility index (Phi) is 4.63. The first-order chi connectivity index (χ1) is 12.6. The number of nitrogens with zero attached hydrogens (tertiary/aromatic N) is 2. The lowest BCUT2D eigenvalue weighted by molar-refractivity contribution is -0.116. The highest BCUT2D eigenvalue weighted by Crippen LogP contribution is 2.29. The molecular weight excluding hydrogens is 356 g/mol. The van der Waals surface area contributed by atoms with Gasteiger partial charge in [0.15, 0.2) is 5.16 Å². The summed E-state index contributed by atoms with van der Waals surface area (Å²) < 4.78 is 27.2. The zero-order valence-electron chi connectivity index (χ0n) is 13.9. The van der Waals surface area contributed by atoms with Crippen LogP contribution in [-0.2, 0) is 24.2 Å². The van der Waals surface area contributed by atoms with Crippen molar-refractivity contribution in [3.63, 3.8) is 0 Å². The highest BCUT2D eigenvalue weighted by atomic mass is 32.2. The van der Waals surface area contributed by atoms with Gasteiger partial charge >= 0.3 is 0 Å². The summed E-state index contributed by atoms with van der Waals surface area (Å²) in [5, 5.41) is 3.01. The summed E-state index contributed by atoms with van der Waals surface area (Å²) in [6.07, 6.45) is 3.25. The molecule has 0 saturated heterocycles. The number of fused-ring (bicyclic) bond motifs is 2. The van der Waals surface area contributed by atoms with E-state index in [0.29, 0.717) is 22.8 Å². The predicted octanol–water partition coefficient (Wildman–Crippen LogP) is 4.48. The summed E-state index contributed by atoms with van der Waals surface area (Å²) >= 11 is 0.354. The van der Waals surface area contributed by atoms with Crippen LogP contribution in [0, 0.1) is 0 Å². The highest BCUT2D eigenvalue weighted by molar-refractivity contribution is 7.99. The van der Waals surface area contributed by atoms with Crippen molar-refractivity contribution >= 4 is 34.4 Å². The van der Waals surface area contributed by atoms with E-state index in [0.717, 1.165) is 24.9 Å². The number of para-hydroxylation sites is 2. The number of aromatic nitrogens is 2. The summed E-state index contributed by atoms with van der Waals surface area (Å²) in [6, 6.07) is 13.1. The Balaban J connectivity index is 1.57. The third kappa shape index (κ3) is 3.44. The number of alkyl halides is 2. The molecule has 3 aromatic rings. The summed E-state index contributed by atoms with van der Waals surface area (Å²) in [7, 11) is 0. The van der Waals surface area contributed by atoms with E-state index in [9.17, 15) is 13.6 Å². The van der Waals surface area contributed by atoms with Crippen LogP contribution >= 0.6 is 11.8 Å². The number of carbonyl (C=O) groups is 1. The molecule has 134 valence electrons. The molecular formula is C19H17F2N3OS. The van der Waals surface area contributed by atoms with E-state index in [1.54, 1.807) is 24.3 Å². The van der Waals surface area contributed by atoms with Gasteiger partial charge in [-0.15, -0.1) is 0 Å². The van der Waals surface area contributed by atoms with E-state index in [1.807, 2.05) is 18.2 Å². The third-order valence-electron chi connectivity index (χ3n) is 4.50. The second kappa shape index (κ2) is 7.07. The van der Waals surface area contributed by atoms with Crippen molar-refractivity contribution in [2.75, 3.05) is 5.32 Å². The van der Waals surface area contributed by atoms with Gasteiger partial charge < -0.3 is 9.88 Å². The number of aryl methyl sites for hydroxylation is 2. The van der Waals surface area contributed by atoms with Gasteiger partial charge in [0.05, 0.1) is 11.0 Å². The molecule has 2 aromatic carbocycles. The van der Waals surface area contributed by atoms with Gasteiger partial charge in [-0.1, -0.05) is 18.2 Å². The predicted molar refractivity (Wildman–Crippen MR) is 98.7 cm³/mol. The smallest absolute Gasteiger partial charge is 0.291 e. The molecule has 1 aliphatic carbocycles. The standard InChI is InChI=1S/C19H17F2N3OS/c20-18(21)26-19-23-15-6-1-2-7-16(15)24(19)11-17(25)22-14-9-8-12-4-3-5-13(12)10-14/h1-2,6-10,18H,3-5,11H2,(H,22,25). The van der Waals surface area contributed by atoms with Crippen molar-refractivity contribution in [2.24, 2.45) is 0 Å². The van der Waals surface area contributed by atoms with Gasteiger partial charge in [-0.3, -0.25) is 4.79 Å². The molecule has 0 fully saturated rings. The van der Waals surface area contributed by atoms with Crippen LogP contribution < -0.4 is 5.32 Å². The van der Waals surface area contributed by atoms with Crippen molar-refractivity contribution in [2.45, 2.75) is 36.7 Å². The molecule has 4 rings (SSSR count). The zero-order chi connectivity index (χ0) is 18.1. The first-order valence-corrected chi connectivity index (χ1v) is 9.30. The number of amides is 1. The van der Waals surface area contributed by atoms with Gasteiger partial charge in [0.2, 0.25) is 5.91 Å². The molecule has 0 atom stereocenters. The quantitative estimate of drug-likeness (QED) is 0.671. The molecule has 0 aliphatic heterocycles. The van der Waals surface area contributed by atoms with E-state index in [4.69, 9.17) is 0 Å². The molecule has 7 heteroatoms. The number of hydrogen-bond acceptors (Lipinski definition) is 3. The fraction of sp³-hybridized carbons (Fsp3) is 0.263. The van der Waals surface area contributed by atoms with Crippen molar-refractivity contribution in [3.05, 3.63) is 53.6 Å². The van der Waals surface area contributed by atoms with Crippen LogP contribution in [0.15, 0.2) is 47.6 Å². The normalized spacial score (nSPS) is 13.3. The maximum Gasteiger partial charge on any atom is 0.291 e. The SMILES string of the molecule is O=C(Cn1c(SC(F)F)nc2ccccc21)Nc1ccc2c(c1)CCC2. The number of imidazole rings is 1. The van der Waals surface area contributed by atoms with E-state index >= 15 is 0 Å². The lowest BCUT2D eigenvalue weighted by Gasteiger charge is -2.10. The van der Waals surface area contributed by atoms with Crippen LogP contribution in [0.25, 0.3) is 11.0 Å². The molecule has 0 radical (unpaired) electrons. The molecule has 0 bridgehead atoms. The minimum Gasteiger partial charge on any atom is -0.325 e. The minimum absolute atomic E-state index is 0.0628. The van der Waals surface area contributed by atoms with Crippen LogP contribution in [-0.4, -0.2) is 21.2 Å². The lowest BCUT2D eigenvalue weighted by Crippen LogP contribution is -2.19.